The molecule has 1 aliphatic carbocycles. The number of hydrogen-bond acceptors (Lipinski definition) is 0. The van der Waals surface area contributed by atoms with E-state index in [9.17, 15) is 0 Å². The van der Waals surface area contributed by atoms with Crippen molar-refractivity contribution in [1.82, 2.24) is 0 Å². The topological polar surface area (TPSA) is 0 Å². The molecule has 0 saturated carbocycles. The van der Waals surface area contributed by atoms with Crippen molar-refractivity contribution in [2.45, 2.75) is 20.8 Å². The van der Waals surface area contributed by atoms with Crippen LogP contribution in [-0.4, -0.2) is 0 Å². The summed E-state index contributed by atoms with van der Waals surface area (Å²) in [6.07, 6.45) is 3.19. The summed E-state index contributed by atoms with van der Waals surface area (Å²) in [6.45, 7) is 6.45. The second-order valence-electron chi connectivity index (χ2n) is 2.38. The molecule has 0 fully saturated rings. The Kier molecular flexibility index (Phi) is 1.77. The van der Waals surface area contributed by atoms with Crippen LogP contribution in [-0.2, 0) is 0 Å². The first-order valence-corrected chi connectivity index (χ1v) is 2.25. The molecule has 0 atom stereocenters. The Morgan fingerprint density at radius 2 is 1.57 bits per heavy atom. The van der Waals surface area contributed by atoms with Gasteiger partial charge in [-0.2, -0.15) is 5.41 Å². The molecular formula is C6H9Li. The standard InChI is InChI=1S/C6H9.Li/c1-5-4-6(5,2)3;/h1-3H3;/q-1;+1. The summed E-state index contributed by atoms with van der Waals surface area (Å²) in [5.41, 5.74) is 1.78. The molecule has 0 N–H and O–H groups in total. The molecule has 1 heteroatoms. The maximum atomic E-state index is 3.19. The Bertz CT molecular complexity index is 101. The van der Waals surface area contributed by atoms with Gasteiger partial charge < -0.3 is 6.08 Å². The van der Waals surface area contributed by atoms with E-state index in [0.29, 0.717) is 5.41 Å². The van der Waals surface area contributed by atoms with Crippen LogP contribution in [0.3, 0.4) is 0 Å². The fourth-order valence-corrected chi connectivity index (χ4v) is 0.438. The molecule has 0 saturated heterocycles. The van der Waals surface area contributed by atoms with Gasteiger partial charge in [0, 0.05) is 0 Å². The van der Waals surface area contributed by atoms with Gasteiger partial charge in [0.1, 0.15) is 0 Å². The van der Waals surface area contributed by atoms with E-state index < -0.39 is 0 Å². The smallest absolute Gasteiger partial charge is 0.492 e. The van der Waals surface area contributed by atoms with Crippen molar-refractivity contribution in [1.29, 1.82) is 0 Å². The van der Waals surface area contributed by atoms with Gasteiger partial charge in [0.2, 0.25) is 0 Å². The Morgan fingerprint density at radius 3 is 1.57 bits per heavy atom. The molecular weight excluding hydrogens is 79.0 g/mol. The third-order valence-corrected chi connectivity index (χ3v) is 1.38. The summed E-state index contributed by atoms with van der Waals surface area (Å²) in [4.78, 5) is 0. The summed E-state index contributed by atoms with van der Waals surface area (Å²) in [6, 6.07) is 0. The van der Waals surface area contributed by atoms with Crippen LogP contribution >= 0.6 is 0 Å². The molecule has 0 aromatic heterocycles. The molecule has 7 heavy (non-hydrogen) atoms. The molecule has 0 bridgehead atoms. The molecule has 0 unspecified atom stereocenters. The van der Waals surface area contributed by atoms with E-state index in [2.05, 4.69) is 26.8 Å². The van der Waals surface area contributed by atoms with Crippen molar-refractivity contribution < 1.29 is 18.9 Å². The number of allylic oxidation sites excluding steroid dienone is 2. The Hall–Kier alpha value is 0.337. The first-order valence-electron chi connectivity index (χ1n) is 2.25. The summed E-state index contributed by atoms with van der Waals surface area (Å²) < 4.78 is 0. The van der Waals surface area contributed by atoms with E-state index in [4.69, 9.17) is 0 Å². The zero-order valence-electron chi connectivity index (χ0n) is 5.50. The zero-order chi connectivity index (χ0) is 4.78. The average Bonchev–Trinajstić information content (AvgIpc) is 1.73. The fourth-order valence-electron chi connectivity index (χ4n) is 0.438. The van der Waals surface area contributed by atoms with E-state index in [1.165, 1.54) is 5.57 Å². The van der Waals surface area contributed by atoms with Crippen LogP contribution in [0.4, 0.5) is 0 Å². The predicted molar refractivity (Wildman–Crippen MR) is 26.2 cm³/mol. The van der Waals surface area contributed by atoms with Crippen LogP contribution < -0.4 is 18.9 Å². The van der Waals surface area contributed by atoms with Crippen LogP contribution in [0, 0.1) is 11.5 Å². The minimum atomic E-state index is 0. The van der Waals surface area contributed by atoms with Gasteiger partial charge in [-0.25, -0.2) is 0 Å². The molecule has 1 rings (SSSR count). The minimum absolute atomic E-state index is 0. The van der Waals surface area contributed by atoms with E-state index in [-0.39, 0.29) is 18.9 Å². The zero-order valence-corrected chi connectivity index (χ0v) is 5.50. The Balaban J connectivity index is 0.000000360. The first kappa shape index (κ1) is 7.34. The van der Waals surface area contributed by atoms with Crippen molar-refractivity contribution in [3.63, 3.8) is 0 Å². The summed E-state index contributed by atoms with van der Waals surface area (Å²) in [5, 5.41) is 0. The molecule has 34 valence electrons. The number of rotatable bonds is 0. The summed E-state index contributed by atoms with van der Waals surface area (Å²) >= 11 is 0. The third-order valence-electron chi connectivity index (χ3n) is 1.38. The van der Waals surface area contributed by atoms with Gasteiger partial charge in [-0.05, 0) is 0 Å². The predicted octanol–water partition coefficient (Wildman–Crippen LogP) is -1.22. The van der Waals surface area contributed by atoms with Gasteiger partial charge >= 0.3 is 18.9 Å². The first-order chi connectivity index (χ1) is 2.63. The Labute approximate surface area is 57.2 Å². The van der Waals surface area contributed by atoms with Crippen molar-refractivity contribution in [2.75, 3.05) is 0 Å². The molecule has 1 aliphatic rings. The van der Waals surface area contributed by atoms with Crippen molar-refractivity contribution in [3.05, 3.63) is 11.6 Å². The molecule has 0 aromatic rings. The average molecular weight is 88.1 g/mol. The van der Waals surface area contributed by atoms with Crippen LogP contribution in [0.25, 0.3) is 0 Å². The molecule has 0 nitrogen and oxygen atoms in total. The van der Waals surface area contributed by atoms with Gasteiger partial charge in [-0.15, -0.1) is 0 Å². The SMILES string of the molecule is CC1=[C-]C1(C)C.[Li+]. The van der Waals surface area contributed by atoms with Crippen molar-refractivity contribution in [3.8, 4) is 0 Å². The van der Waals surface area contributed by atoms with Gasteiger partial charge in [-0.3, -0.25) is 5.57 Å². The van der Waals surface area contributed by atoms with E-state index in [1.54, 1.807) is 0 Å². The summed E-state index contributed by atoms with van der Waals surface area (Å²) in [7, 11) is 0. The molecule has 0 amide bonds. The van der Waals surface area contributed by atoms with Gasteiger partial charge in [0.15, 0.2) is 0 Å². The maximum Gasteiger partial charge on any atom is 1.00 e. The molecule has 0 spiro atoms. The van der Waals surface area contributed by atoms with Gasteiger partial charge in [0.05, 0.1) is 0 Å². The van der Waals surface area contributed by atoms with Crippen LogP contribution in [0.1, 0.15) is 20.8 Å². The maximum absolute atomic E-state index is 3.19. The quantitative estimate of drug-likeness (QED) is 0.257. The molecule has 0 aliphatic heterocycles. The van der Waals surface area contributed by atoms with Crippen LogP contribution in [0.2, 0.25) is 0 Å². The van der Waals surface area contributed by atoms with Crippen molar-refractivity contribution in [2.24, 2.45) is 5.41 Å². The Morgan fingerprint density at radius 1 is 1.43 bits per heavy atom. The van der Waals surface area contributed by atoms with Gasteiger partial charge in [0.25, 0.3) is 0 Å². The van der Waals surface area contributed by atoms with E-state index >= 15 is 0 Å². The second kappa shape index (κ2) is 1.69. The van der Waals surface area contributed by atoms with Crippen LogP contribution in [0.15, 0.2) is 5.57 Å². The third kappa shape index (κ3) is 1.37. The molecule has 0 heterocycles. The fraction of sp³-hybridized carbons (Fsp3) is 0.667. The number of hydrogen-bond donors (Lipinski definition) is 0. The largest absolute Gasteiger partial charge is 1.00 e. The minimum Gasteiger partial charge on any atom is -0.492 e. The molecule has 0 aromatic carbocycles. The monoisotopic (exact) mass is 88.1 g/mol. The van der Waals surface area contributed by atoms with E-state index in [1.807, 2.05) is 0 Å². The summed E-state index contributed by atoms with van der Waals surface area (Å²) in [5.74, 6) is 0. The van der Waals surface area contributed by atoms with Crippen LogP contribution in [0.5, 0.6) is 0 Å². The van der Waals surface area contributed by atoms with E-state index in [0.717, 1.165) is 0 Å². The van der Waals surface area contributed by atoms with Crippen molar-refractivity contribution >= 4 is 0 Å². The van der Waals surface area contributed by atoms with Gasteiger partial charge in [-0.1, -0.05) is 20.8 Å². The second-order valence-corrected chi connectivity index (χ2v) is 2.38. The molecule has 0 radical (unpaired) electrons. The normalized spacial score (nSPS) is 22.4.